The first-order valence-corrected chi connectivity index (χ1v) is 9.62. The minimum atomic E-state index is -0.390. The highest BCUT2D eigenvalue weighted by atomic mass is 16.5. The van der Waals surface area contributed by atoms with E-state index in [0.717, 1.165) is 5.56 Å². The number of benzene rings is 2. The molecule has 1 N–H and O–H groups in total. The van der Waals surface area contributed by atoms with Gasteiger partial charge in [-0.1, -0.05) is 6.07 Å². The molecule has 0 fully saturated rings. The number of rotatable bonds is 9. The minimum Gasteiger partial charge on any atom is -0.490 e. The molecule has 6 nitrogen and oxygen atoms in total. The Hall–Kier alpha value is -3.28. The van der Waals surface area contributed by atoms with Crippen molar-refractivity contribution < 1.29 is 23.8 Å². The number of carbonyl (C=O) groups excluding carboxylic acids is 2. The van der Waals surface area contributed by atoms with Gasteiger partial charge in [0.2, 0.25) is 5.91 Å². The normalized spacial score (nSPS) is 10.8. The molecule has 0 saturated heterocycles. The number of hydrogen-bond donors (Lipinski definition) is 1. The number of ether oxygens (including phenoxy) is 3. The first-order chi connectivity index (χ1) is 13.9. The fourth-order valence-corrected chi connectivity index (χ4v) is 2.50. The van der Waals surface area contributed by atoms with Gasteiger partial charge in [0.15, 0.2) is 11.5 Å². The molecule has 0 saturated carbocycles. The van der Waals surface area contributed by atoms with E-state index in [1.165, 1.54) is 6.08 Å². The first kappa shape index (κ1) is 22.0. The minimum absolute atomic E-state index is 0.183. The van der Waals surface area contributed by atoms with Crippen LogP contribution >= 0.6 is 0 Å². The van der Waals surface area contributed by atoms with Crippen LogP contribution in [0.5, 0.6) is 11.5 Å². The van der Waals surface area contributed by atoms with Gasteiger partial charge in [-0.3, -0.25) is 4.79 Å². The van der Waals surface area contributed by atoms with E-state index in [9.17, 15) is 9.59 Å². The van der Waals surface area contributed by atoms with E-state index >= 15 is 0 Å². The van der Waals surface area contributed by atoms with E-state index in [-0.39, 0.29) is 12.0 Å². The summed E-state index contributed by atoms with van der Waals surface area (Å²) in [6.45, 7) is 8.47. The van der Waals surface area contributed by atoms with Crippen molar-refractivity contribution in [2.45, 2.75) is 33.8 Å². The summed E-state index contributed by atoms with van der Waals surface area (Å²) in [6, 6.07) is 12.1. The summed E-state index contributed by atoms with van der Waals surface area (Å²) in [7, 11) is 0. The van der Waals surface area contributed by atoms with Gasteiger partial charge in [0.25, 0.3) is 0 Å². The maximum absolute atomic E-state index is 12.2. The average Bonchev–Trinajstić information content (AvgIpc) is 2.68. The molecule has 2 rings (SSSR count). The van der Waals surface area contributed by atoms with Crippen molar-refractivity contribution in [1.29, 1.82) is 0 Å². The maximum atomic E-state index is 12.2. The third-order valence-corrected chi connectivity index (χ3v) is 3.73. The van der Waals surface area contributed by atoms with Crippen molar-refractivity contribution in [3.05, 3.63) is 59.7 Å². The molecule has 6 heteroatoms. The van der Waals surface area contributed by atoms with Crippen molar-refractivity contribution in [2.24, 2.45) is 0 Å². The monoisotopic (exact) mass is 397 g/mol. The van der Waals surface area contributed by atoms with Crippen LogP contribution in [0.25, 0.3) is 6.08 Å². The molecule has 0 atom stereocenters. The lowest BCUT2D eigenvalue weighted by Gasteiger charge is -2.11. The number of amides is 1. The van der Waals surface area contributed by atoms with E-state index in [4.69, 9.17) is 14.2 Å². The lowest BCUT2D eigenvalue weighted by molar-refractivity contribution is -0.111. The molecule has 0 spiro atoms. The van der Waals surface area contributed by atoms with Crippen LogP contribution in [0.4, 0.5) is 5.69 Å². The van der Waals surface area contributed by atoms with Crippen molar-refractivity contribution >= 4 is 23.6 Å². The zero-order valence-electron chi connectivity index (χ0n) is 17.2. The highest BCUT2D eigenvalue weighted by Crippen LogP contribution is 2.29. The molecule has 0 aromatic heterocycles. The van der Waals surface area contributed by atoms with E-state index in [0.29, 0.717) is 36.0 Å². The zero-order chi connectivity index (χ0) is 21.2. The van der Waals surface area contributed by atoms with Crippen molar-refractivity contribution in [1.82, 2.24) is 0 Å². The fraction of sp³-hybridized carbons (Fsp3) is 0.304. The molecule has 154 valence electrons. The molecule has 0 radical (unpaired) electrons. The van der Waals surface area contributed by atoms with Gasteiger partial charge in [-0.25, -0.2) is 4.79 Å². The zero-order valence-corrected chi connectivity index (χ0v) is 17.2. The topological polar surface area (TPSA) is 73.9 Å². The number of esters is 1. The third-order valence-electron chi connectivity index (χ3n) is 3.73. The molecule has 2 aromatic carbocycles. The molecule has 0 aliphatic carbocycles. The summed E-state index contributed by atoms with van der Waals surface area (Å²) >= 11 is 0. The van der Waals surface area contributed by atoms with Crippen molar-refractivity contribution in [3.63, 3.8) is 0 Å². The summed E-state index contributed by atoms with van der Waals surface area (Å²) in [5, 5.41) is 2.76. The van der Waals surface area contributed by atoms with Crippen LogP contribution in [0.1, 0.15) is 43.6 Å². The Morgan fingerprint density at radius 3 is 2.24 bits per heavy atom. The van der Waals surface area contributed by atoms with E-state index in [1.807, 2.05) is 32.0 Å². The van der Waals surface area contributed by atoms with Gasteiger partial charge in [0.05, 0.1) is 24.9 Å². The Morgan fingerprint density at radius 2 is 1.62 bits per heavy atom. The molecule has 0 aliphatic heterocycles. The van der Waals surface area contributed by atoms with E-state index in [2.05, 4.69) is 5.32 Å². The molecule has 0 unspecified atom stereocenters. The predicted octanol–water partition coefficient (Wildman–Crippen LogP) is 4.70. The molecular weight excluding hydrogens is 370 g/mol. The Morgan fingerprint density at radius 1 is 0.966 bits per heavy atom. The second-order valence-corrected chi connectivity index (χ2v) is 6.43. The van der Waals surface area contributed by atoms with Crippen LogP contribution in [0.15, 0.2) is 48.5 Å². The number of carbonyl (C=O) groups is 2. The van der Waals surface area contributed by atoms with Gasteiger partial charge < -0.3 is 19.5 Å². The maximum Gasteiger partial charge on any atom is 0.338 e. The molecule has 29 heavy (non-hydrogen) atoms. The number of nitrogens with one attached hydrogen (secondary N) is 1. The van der Waals surface area contributed by atoms with Crippen LogP contribution in [-0.4, -0.2) is 31.2 Å². The van der Waals surface area contributed by atoms with Crippen LogP contribution in [0.2, 0.25) is 0 Å². The number of anilines is 1. The van der Waals surface area contributed by atoms with Gasteiger partial charge in [0, 0.05) is 11.8 Å². The molecule has 0 aliphatic rings. The van der Waals surface area contributed by atoms with Crippen LogP contribution < -0.4 is 14.8 Å². The van der Waals surface area contributed by atoms with E-state index < -0.39 is 5.97 Å². The molecular formula is C23H27NO5. The van der Waals surface area contributed by atoms with Crippen LogP contribution in [0.3, 0.4) is 0 Å². The van der Waals surface area contributed by atoms with Gasteiger partial charge in [-0.05, 0) is 75.7 Å². The van der Waals surface area contributed by atoms with Crippen molar-refractivity contribution in [2.75, 3.05) is 18.5 Å². The Bertz CT molecular complexity index is 856. The smallest absolute Gasteiger partial charge is 0.338 e. The Labute approximate surface area is 171 Å². The molecule has 2 aromatic rings. The lowest BCUT2D eigenvalue weighted by atomic mass is 10.2. The quantitative estimate of drug-likeness (QED) is 0.490. The second kappa shape index (κ2) is 10.9. The van der Waals surface area contributed by atoms with Gasteiger partial charge >= 0.3 is 5.97 Å². The Kier molecular flexibility index (Phi) is 8.27. The molecule has 0 heterocycles. The second-order valence-electron chi connectivity index (χ2n) is 6.43. The first-order valence-electron chi connectivity index (χ1n) is 9.62. The summed E-state index contributed by atoms with van der Waals surface area (Å²) in [5.41, 5.74) is 1.84. The summed E-state index contributed by atoms with van der Waals surface area (Å²) < 4.78 is 16.3. The SMILES string of the molecule is CCOc1ccc(/C=C/C(=O)Nc2ccc(C(=O)OC(C)C)cc2)cc1OCC. The fourth-order valence-electron chi connectivity index (χ4n) is 2.50. The summed E-state index contributed by atoms with van der Waals surface area (Å²) in [6.07, 6.45) is 2.95. The predicted molar refractivity (Wildman–Crippen MR) is 113 cm³/mol. The van der Waals surface area contributed by atoms with Gasteiger partial charge in [0.1, 0.15) is 0 Å². The number of hydrogen-bond acceptors (Lipinski definition) is 5. The largest absolute Gasteiger partial charge is 0.490 e. The average molecular weight is 397 g/mol. The van der Waals surface area contributed by atoms with Gasteiger partial charge in [-0.15, -0.1) is 0 Å². The third kappa shape index (κ3) is 6.99. The standard InChI is InChI=1S/C23H27NO5/c1-5-27-20-13-7-17(15-21(20)28-6-2)8-14-22(25)24-19-11-9-18(10-12-19)23(26)29-16(3)4/h7-16H,5-6H2,1-4H3,(H,24,25)/b14-8+. The van der Waals surface area contributed by atoms with Crippen molar-refractivity contribution in [3.8, 4) is 11.5 Å². The van der Waals surface area contributed by atoms with Crippen LogP contribution in [-0.2, 0) is 9.53 Å². The highest BCUT2D eigenvalue weighted by Gasteiger charge is 2.09. The summed E-state index contributed by atoms with van der Waals surface area (Å²) in [4.78, 5) is 24.0. The van der Waals surface area contributed by atoms with E-state index in [1.54, 1.807) is 44.2 Å². The highest BCUT2D eigenvalue weighted by molar-refractivity contribution is 6.02. The molecule has 0 bridgehead atoms. The Balaban J connectivity index is 2.00. The summed E-state index contributed by atoms with van der Waals surface area (Å²) in [5.74, 6) is 0.639. The van der Waals surface area contributed by atoms with Crippen LogP contribution in [0, 0.1) is 0 Å². The lowest BCUT2D eigenvalue weighted by Crippen LogP contribution is -2.12. The van der Waals surface area contributed by atoms with Gasteiger partial charge in [-0.2, -0.15) is 0 Å². The molecule has 1 amide bonds.